The highest BCUT2D eigenvalue weighted by Crippen LogP contribution is 2.37. The Morgan fingerprint density at radius 3 is 2.79 bits per heavy atom. The van der Waals surface area contributed by atoms with E-state index in [1.807, 2.05) is 0 Å². The lowest BCUT2D eigenvalue weighted by molar-refractivity contribution is 0.0436. The maximum absolute atomic E-state index is 14.2. The Bertz CT molecular complexity index is 1350. The second-order valence-corrected chi connectivity index (χ2v) is 8.15. The maximum Gasteiger partial charge on any atom is 0.292 e. The lowest BCUT2D eigenvalue weighted by atomic mass is 10.0. The zero-order valence-corrected chi connectivity index (χ0v) is 17.5. The molecule has 4 aromatic rings. The summed E-state index contributed by atoms with van der Waals surface area (Å²) < 4.78 is 52.6. The summed E-state index contributed by atoms with van der Waals surface area (Å²) in [4.78, 5) is 29.8. The summed E-state index contributed by atoms with van der Waals surface area (Å²) in [5, 5.41) is 10.1. The van der Waals surface area contributed by atoms with Crippen LogP contribution in [-0.4, -0.2) is 42.4 Å². The van der Waals surface area contributed by atoms with Crippen molar-refractivity contribution in [2.45, 2.75) is 38.3 Å². The fraction of sp³-hybridized carbons (Fsp3) is 0.333. The monoisotopic (exact) mass is 461 g/mol. The SMILES string of the molecule is CC(C)(O)c1nc(C(F)F)c(C(=O)N2CCc3[nH]cnc3[C@H]2c2nc3c(F)cccc3o2)o1. The van der Waals surface area contributed by atoms with Gasteiger partial charge in [0.25, 0.3) is 12.3 Å². The Morgan fingerprint density at radius 2 is 2.09 bits per heavy atom. The van der Waals surface area contributed by atoms with Crippen molar-refractivity contribution in [1.82, 2.24) is 24.8 Å². The molecule has 1 aromatic carbocycles. The number of para-hydroxylation sites is 1. The van der Waals surface area contributed by atoms with Crippen molar-refractivity contribution in [3.63, 3.8) is 0 Å². The van der Waals surface area contributed by atoms with Crippen molar-refractivity contribution < 1.29 is 31.9 Å². The Balaban J connectivity index is 1.63. The van der Waals surface area contributed by atoms with Gasteiger partial charge in [-0.05, 0) is 26.0 Å². The molecule has 0 spiro atoms. The van der Waals surface area contributed by atoms with Crippen LogP contribution in [0.1, 0.15) is 65.7 Å². The second-order valence-electron chi connectivity index (χ2n) is 8.15. The van der Waals surface area contributed by atoms with Crippen molar-refractivity contribution in [3.05, 3.63) is 65.0 Å². The van der Waals surface area contributed by atoms with Crippen molar-refractivity contribution in [2.24, 2.45) is 0 Å². The summed E-state index contributed by atoms with van der Waals surface area (Å²) in [6, 6.07) is 3.18. The minimum absolute atomic E-state index is 0.0280. The van der Waals surface area contributed by atoms with E-state index in [1.54, 1.807) is 0 Å². The summed E-state index contributed by atoms with van der Waals surface area (Å²) in [6.07, 6.45) is -1.34. The number of nitrogens with zero attached hydrogens (tertiary/aromatic N) is 4. The number of amides is 1. The van der Waals surface area contributed by atoms with Gasteiger partial charge >= 0.3 is 0 Å². The van der Waals surface area contributed by atoms with Crippen LogP contribution >= 0.6 is 0 Å². The van der Waals surface area contributed by atoms with Crippen molar-refractivity contribution >= 4 is 17.0 Å². The van der Waals surface area contributed by atoms with E-state index < -0.39 is 47.1 Å². The van der Waals surface area contributed by atoms with Gasteiger partial charge in [-0.25, -0.2) is 28.1 Å². The molecule has 1 aliphatic rings. The standard InChI is InChI=1S/C21H18F3N5O4/c1-21(2,31)20-28-14(17(23)24)16(33-20)19(30)29-7-6-10-13(26-8-25-10)15(29)18-27-12-9(22)4-3-5-11(12)32-18/h3-5,8,15,17,31H,6-7H2,1-2H3,(H,25,26)/t15-/m0/s1. The number of hydrogen-bond donors (Lipinski definition) is 2. The van der Waals surface area contributed by atoms with Crippen LogP contribution in [0.5, 0.6) is 0 Å². The van der Waals surface area contributed by atoms with Gasteiger partial charge in [-0.3, -0.25) is 4.79 Å². The second kappa shape index (κ2) is 7.44. The predicted octanol–water partition coefficient (Wildman–Crippen LogP) is 3.63. The van der Waals surface area contributed by atoms with E-state index in [4.69, 9.17) is 8.83 Å². The summed E-state index contributed by atoms with van der Waals surface area (Å²) in [7, 11) is 0. The van der Waals surface area contributed by atoms with Crippen LogP contribution in [0.25, 0.3) is 11.1 Å². The van der Waals surface area contributed by atoms with Crippen LogP contribution in [-0.2, 0) is 12.0 Å². The molecule has 0 bridgehead atoms. The molecule has 2 N–H and O–H groups in total. The van der Waals surface area contributed by atoms with Crippen molar-refractivity contribution in [1.29, 1.82) is 0 Å². The molecule has 0 unspecified atom stereocenters. The highest BCUT2D eigenvalue weighted by molar-refractivity contribution is 5.93. The van der Waals surface area contributed by atoms with E-state index in [2.05, 4.69) is 19.9 Å². The van der Waals surface area contributed by atoms with Gasteiger partial charge in [0.15, 0.2) is 23.1 Å². The summed E-state index contributed by atoms with van der Waals surface area (Å²) in [5.74, 6) is -2.66. The zero-order chi connectivity index (χ0) is 23.5. The molecule has 5 rings (SSSR count). The summed E-state index contributed by atoms with van der Waals surface area (Å²) in [5.41, 5.74) is -1.33. The van der Waals surface area contributed by atoms with Crippen molar-refractivity contribution in [2.75, 3.05) is 6.54 Å². The minimum atomic E-state index is -3.12. The number of halogens is 3. The number of carbonyl (C=O) groups is 1. The molecule has 0 saturated heterocycles. The number of alkyl halides is 2. The van der Waals surface area contributed by atoms with Crippen LogP contribution in [0, 0.1) is 5.82 Å². The smallest absolute Gasteiger partial charge is 0.292 e. The number of oxazole rings is 2. The number of benzene rings is 1. The molecule has 1 aliphatic heterocycles. The van der Waals surface area contributed by atoms with Crippen molar-refractivity contribution in [3.8, 4) is 0 Å². The number of nitrogens with one attached hydrogen (secondary N) is 1. The molecule has 0 fully saturated rings. The van der Waals surface area contributed by atoms with E-state index in [1.165, 1.54) is 43.3 Å². The molecule has 4 heterocycles. The van der Waals surface area contributed by atoms with Crippen LogP contribution in [0.15, 0.2) is 33.4 Å². The van der Waals surface area contributed by atoms with E-state index in [0.29, 0.717) is 17.8 Å². The van der Waals surface area contributed by atoms with Crippen LogP contribution in [0.3, 0.4) is 0 Å². The molecule has 0 radical (unpaired) electrons. The Kier molecular flexibility index (Phi) is 4.78. The average Bonchev–Trinajstić information content (AvgIpc) is 3.49. The lowest BCUT2D eigenvalue weighted by Gasteiger charge is -2.32. The number of aromatic amines is 1. The van der Waals surface area contributed by atoms with E-state index in [-0.39, 0.29) is 23.5 Å². The third kappa shape index (κ3) is 3.46. The fourth-order valence-electron chi connectivity index (χ4n) is 3.82. The largest absolute Gasteiger partial charge is 0.438 e. The number of aromatic nitrogens is 4. The number of H-pyrrole nitrogens is 1. The first-order valence-electron chi connectivity index (χ1n) is 10.0. The van der Waals surface area contributed by atoms with Gasteiger partial charge in [-0.1, -0.05) is 6.07 Å². The average molecular weight is 461 g/mol. The summed E-state index contributed by atoms with van der Waals surface area (Å²) >= 11 is 0. The molecular formula is C21H18F3N5O4. The molecule has 12 heteroatoms. The number of fused-ring (bicyclic) bond motifs is 2. The minimum Gasteiger partial charge on any atom is -0.438 e. The highest BCUT2D eigenvalue weighted by atomic mass is 19.3. The van der Waals surface area contributed by atoms with Gasteiger partial charge in [-0.15, -0.1) is 0 Å². The van der Waals surface area contributed by atoms with Crippen LogP contribution < -0.4 is 0 Å². The van der Waals surface area contributed by atoms with E-state index >= 15 is 0 Å². The topological polar surface area (TPSA) is 121 Å². The molecule has 0 saturated carbocycles. The lowest BCUT2D eigenvalue weighted by Crippen LogP contribution is -2.41. The highest BCUT2D eigenvalue weighted by Gasteiger charge is 2.42. The molecule has 1 amide bonds. The van der Waals surface area contributed by atoms with Gasteiger partial charge in [0, 0.05) is 18.7 Å². The van der Waals surface area contributed by atoms with Crippen LogP contribution in [0.4, 0.5) is 13.2 Å². The number of hydrogen-bond acceptors (Lipinski definition) is 7. The Labute approximate surface area is 184 Å². The first-order valence-corrected chi connectivity index (χ1v) is 10.0. The van der Waals surface area contributed by atoms with Gasteiger partial charge in [0.05, 0.1) is 12.0 Å². The maximum atomic E-state index is 14.2. The zero-order valence-electron chi connectivity index (χ0n) is 17.5. The van der Waals surface area contributed by atoms with Crippen LogP contribution in [0.2, 0.25) is 0 Å². The normalized spacial score (nSPS) is 16.6. The Hall–Kier alpha value is -3.67. The van der Waals surface area contributed by atoms with Gasteiger partial charge in [0.1, 0.15) is 11.1 Å². The third-order valence-electron chi connectivity index (χ3n) is 5.38. The van der Waals surface area contributed by atoms with Gasteiger partial charge < -0.3 is 23.8 Å². The first kappa shape index (κ1) is 21.2. The third-order valence-corrected chi connectivity index (χ3v) is 5.38. The quantitative estimate of drug-likeness (QED) is 0.476. The number of imidazole rings is 1. The van der Waals surface area contributed by atoms with E-state index in [9.17, 15) is 23.1 Å². The molecule has 1 atom stereocenters. The Morgan fingerprint density at radius 1 is 1.30 bits per heavy atom. The summed E-state index contributed by atoms with van der Waals surface area (Å²) in [6.45, 7) is 2.69. The molecule has 172 valence electrons. The molecule has 3 aromatic heterocycles. The molecule has 9 nitrogen and oxygen atoms in total. The molecular weight excluding hydrogens is 443 g/mol. The first-order chi connectivity index (χ1) is 15.6. The number of carbonyl (C=O) groups excluding carboxylic acids is 1. The fourth-order valence-corrected chi connectivity index (χ4v) is 3.82. The van der Waals surface area contributed by atoms with Gasteiger partial charge in [-0.2, -0.15) is 0 Å². The molecule has 33 heavy (non-hydrogen) atoms. The number of rotatable bonds is 4. The molecule has 0 aliphatic carbocycles. The predicted molar refractivity (Wildman–Crippen MR) is 106 cm³/mol. The number of aliphatic hydroxyl groups is 1. The van der Waals surface area contributed by atoms with E-state index in [0.717, 1.165) is 0 Å². The van der Waals surface area contributed by atoms with Gasteiger partial charge in [0.2, 0.25) is 17.5 Å².